The summed E-state index contributed by atoms with van der Waals surface area (Å²) in [7, 11) is 0. The van der Waals surface area contributed by atoms with E-state index in [2.05, 4.69) is 55.7 Å². The van der Waals surface area contributed by atoms with Gasteiger partial charge in [-0.3, -0.25) is 4.90 Å². The van der Waals surface area contributed by atoms with Crippen molar-refractivity contribution in [2.24, 2.45) is 5.92 Å². The molecule has 0 spiro atoms. The number of piperazine rings is 1. The van der Waals surface area contributed by atoms with Crippen LogP contribution < -0.4 is 4.90 Å². The number of nitrogens with zero attached hydrogens (tertiary/aromatic N) is 2. The van der Waals surface area contributed by atoms with Gasteiger partial charge >= 0.3 is 0 Å². The van der Waals surface area contributed by atoms with Crippen LogP contribution in [0.2, 0.25) is 0 Å². The highest BCUT2D eigenvalue weighted by atomic mass is 15.3. The molecule has 0 bridgehead atoms. The molecule has 1 fully saturated rings. The molecule has 0 saturated carbocycles. The zero-order chi connectivity index (χ0) is 13.1. The van der Waals surface area contributed by atoms with Crippen molar-refractivity contribution in [3.63, 3.8) is 0 Å². The van der Waals surface area contributed by atoms with Gasteiger partial charge in [-0.15, -0.1) is 0 Å². The summed E-state index contributed by atoms with van der Waals surface area (Å²) in [5.41, 5.74) is 4.27. The second-order valence-electron chi connectivity index (χ2n) is 5.90. The summed E-state index contributed by atoms with van der Waals surface area (Å²) >= 11 is 0. The first-order valence-corrected chi connectivity index (χ1v) is 7.11. The smallest absolute Gasteiger partial charge is 0.0399 e. The van der Waals surface area contributed by atoms with Gasteiger partial charge in [-0.25, -0.2) is 0 Å². The quantitative estimate of drug-likeness (QED) is 0.808. The number of benzene rings is 1. The first-order chi connectivity index (χ1) is 8.58. The molecule has 0 aliphatic carbocycles. The topological polar surface area (TPSA) is 6.48 Å². The number of hydrogen-bond donors (Lipinski definition) is 0. The van der Waals surface area contributed by atoms with Crippen molar-refractivity contribution < 1.29 is 0 Å². The molecule has 0 amide bonds. The Kier molecular flexibility index (Phi) is 4.28. The molecule has 2 heteroatoms. The Morgan fingerprint density at radius 3 is 2.33 bits per heavy atom. The lowest BCUT2D eigenvalue weighted by molar-refractivity contribution is 0.231. The van der Waals surface area contributed by atoms with E-state index in [4.69, 9.17) is 0 Å². The molecule has 0 N–H and O–H groups in total. The van der Waals surface area contributed by atoms with E-state index in [0.29, 0.717) is 0 Å². The summed E-state index contributed by atoms with van der Waals surface area (Å²) in [6.45, 7) is 15.0. The maximum atomic E-state index is 2.59. The monoisotopic (exact) mass is 246 g/mol. The molecule has 1 aromatic rings. The fourth-order valence-corrected chi connectivity index (χ4v) is 2.77. The molecule has 1 aromatic carbocycles. The lowest BCUT2D eigenvalue weighted by atomic mass is 10.1. The summed E-state index contributed by atoms with van der Waals surface area (Å²) in [5, 5.41) is 0. The number of aryl methyl sites for hydroxylation is 1. The van der Waals surface area contributed by atoms with Crippen molar-refractivity contribution in [3.8, 4) is 0 Å². The Balaban J connectivity index is 1.99. The first kappa shape index (κ1) is 13.4. The average Bonchev–Trinajstić information content (AvgIpc) is 2.33. The third-order valence-electron chi connectivity index (χ3n) is 3.91. The van der Waals surface area contributed by atoms with Crippen LogP contribution in [0.15, 0.2) is 18.2 Å². The summed E-state index contributed by atoms with van der Waals surface area (Å²) in [6, 6.07) is 6.65. The maximum Gasteiger partial charge on any atom is 0.0399 e. The summed E-state index contributed by atoms with van der Waals surface area (Å²) in [5.74, 6) is 0.775. The largest absolute Gasteiger partial charge is 0.369 e. The summed E-state index contributed by atoms with van der Waals surface area (Å²) in [6.07, 6.45) is 0. The third-order valence-corrected chi connectivity index (χ3v) is 3.91. The first-order valence-electron chi connectivity index (χ1n) is 7.11. The zero-order valence-electron chi connectivity index (χ0n) is 12.2. The molecule has 1 heterocycles. The number of anilines is 1. The van der Waals surface area contributed by atoms with Crippen LogP contribution in [-0.4, -0.2) is 37.6 Å². The van der Waals surface area contributed by atoms with E-state index in [1.807, 2.05) is 0 Å². The zero-order valence-corrected chi connectivity index (χ0v) is 12.2. The predicted molar refractivity (Wildman–Crippen MR) is 79.4 cm³/mol. The van der Waals surface area contributed by atoms with Crippen LogP contribution in [0.1, 0.15) is 25.0 Å². The van der Waals surface area contributed by atoms with Crippen LogP contribution in [0.3, 0.4) is 0 Å². The van der Waals surface area contributed by atoms with E-state index in [0.717, 1.165) is 19.0 Å². The van der Waals surface area contributed by atoms with Crippen LogP contribution in [-0.2, 0) is 0 Å². The van der Waals surface area contributed by atoms with Crippen molar-refractivity contribution in [3.05, 3.63) is 29.3 Å². The van der Waals surface area contributed by atoms with Crippen molar-refractivity contribution in [1.29, 1.82) is 0 Å². The molecule has 0 unspecified atom stereocenters. The van der Waals surface area contributed by atoms with Gasteiger partial charge in [0.15, 0.2) is 0 Å². The van der Waals surface area contributed by atoms with E-state index in [1.54, 1.807) is 0 Å². The van der Waals surface area contributed by atoms with Crippen molar-refractivity contribution in [1.82, 2.24) is 4.90 Å². The molecule has 2 nitrogen and oxygen atoms in total. The molecule has 1 aliphatic heterocycles. The van der Waals surface area contributed by atoms with Gasteiger partial charge in [0.2, 0.25) is 0 Å². The van der Waals surface area contributed by atoms with E-state index in [9.17, 15) is 0 Å². The predicted octanol–water partition coefficient (Wildman–Crippen LogP) is 3.08. The van der Waals surface area contributed by atoms with E-state index in [-0.39, 0.29) is 0 Å². The molecule has 100 valence electrons. The molecule has 1 aliphatic rings. The van der Waals surface area contributed by atoms with E-state index >= 15 is 0 Å². The van der Waals surface area contributed by atoms with Crippen LogP contribution in [0.4, 0.5) is 5.69 Å². The van der Waals surface area contributed by atoms with Gasteiger partial charge in [-0.1, -0.05) is 26.0 Å². The lowest BCUT2D eigenvalue weighted by Gasteiger charge is -2.37. The SMILES string of the molecule is Cc1cccc(N2CCN(CC(C)C)CC2)c1C. The highest BCUT2D eigenvalue weighted by Crippen LogP contribution is 2.23. The highest BCUT2D eigenvalue weighted by molar-refractivity contribution is 5.56. The van der Waals surface area contributed by atoms with Crippen LogP contribution >= 0.6 is 0 Å². The van der Waals surface area contributed by atoms with Gasteiger partial charge in [0, 0.05) is 38.4 Å². The fraction of sp³-hybridized carbons (Fsp3) is 0.625. The standard InChI is InChI=1S/C16H26N2/c1-13(2)12-17-8-10-18(11-9-17)16-7-5-6-14(3)15(16)4/h5-7,13H,8-12H2,1-4H3. The molecule has 2 rings (SSSR count). The minimum atomic E-state index is 0.775. The second-order valence-corrected chi connectivity index (χ2v) is 5.90. The van der Waals surface area contributed by atoms with Crippen LogP contribution in [0.5, 0.6) is 0 Å². The number of hydrogen-bond acceptors (Lipinski definition) is 2. The maximum absolute atomic E-state index is 2.59. The van der Waals surface area contributed by atoms with Crippen molar-refractivity contribution in [2.45, 2.75) is 27.7 Å². The number of rotatable bonds is 3. The minimum Gasteiger partial charge on any atom is -0.369 e. The van der Waals surface area contributed by atoms with Gasteiger partial charge in [0.1, 0.15) is 0 Å². The van der Waals surface area contributed by atoms with Gasteiger partial charge < -0.3 is 4.90 Å². The van der Waals surface area contributed by atoms with Gasteiger partial charge in [0.05, 0.1) is 0 Å². The Labute approximate surface area is 112 Å². The molecule has 0 aromatic heterocycles. The van der Waals surface area contributed by atoms with Crippen molar-refractivity contribution in [2.75, 3.05) is 37.6 Å². The summed E-state index contributed by atoms with van der Waals surface area (Å²) in [4.78, 5) is 5.13. The highest BCUT2D eigenvalue weighted by Gasteiger charge is 2.18. The molecule has 1 saturated heterocycles. The normalized spacial score (nSPS) is 17.5. The molecule has 0 atom stereocenters. The Morgan fingerprint density at radius 1 is 1.06 bits per heavy atom. The molecule has 0 radical (unpaired) electrons. The molecule has 18 heavy (non-hydrogen) atoms. The lowest BCUT2D eigenvalue weighted by Crippen LogP contribution is -2.47. The third kappa shape index (κ3) is 3.05. The second kappa shape index (κ2) is 5.75. The van der Waals surface area contributed by atoms with Gasteiger partial charge in [-0.05, 0) is 37.0 Å². The van der Waals surface area contributed by atoms with Crippen molar-refractivity contribution >= 4 is 5.69 Å². The molecular formula is C16H26N2. The van der Waals surface area contributed by atoms with Gasteiger partial charge in [-0.2, -0.15) is 0 Å². The summed E-state index contributed by atoms with van der Waals surface area (Å²) < 4.78 is 0. The van der Waals surface area contributed by atoms with Crippen LogP contribution in [0, 0.1) is 19.8 Å². The Morgan fingerprint density at radius 2 is 1.72 bits per heavy atom. The Bertz CT molecular complexity index is 390. The fourth-order valence-electron chi connectivity index (χ4n) is 2.77. The van der Waals surface area contributed by atoms with Crippen LogP contribution in [0.25, 0.3) is 0 Å². The molecular weight excluding hydrogens is 220 g/mol. The minimum absolute atomic E-state index is 0.775. The van der Waals surface area contributed by atoms with E-state index < -0.39 is 0 Å². The average molecular weight is 246 g/mol. The van der Waals surface area contributed by atoms with Gasteiger partial charge in [0.25, 0.3) is 0 Å². The Hall–Kier alpha value is -1.02. The van der Waals surface area contributed by atoms with E-state index in [1.165, 1.54) is 36.4 Å².